The monoisotopic (exact) mass is 259 g/mol. The maximum absolute atomic E-state index is 12.5. The van der Waals surface area contributed by atoms with Crippen LogP contribution < -0.4 is 5.73 Å². The van der Waals surface area contributed by atoms with E-state index < -0.39 is 11.7 Å². The van der Waals surface area contributed by atoms with Crippen LogP contribution in [0.1, 0.15) is 37.8 Å². The summed E-state index contributed by atoms with van der Waals surface area (Å²) >= 11 is 0. The molecule has 1 rings (SSSR count). The van der Waals surface area contributed by atoms with Crippen LogP contribution in [0.3, 0.4) is 0 Å². The molecule has 0 saturated carbocycles. The zero-order valence-corrected chi connectivity index (χ0v) is 10.8. The van der Waals surface area contributed by atoms with Gasteiger partial charge in [-0.25, -0.2) is 0 Å². The molecule has 1 nitrogen and oxygen atoms in total. The van der Waals surface area contributed by atoms with E-state index in [0.717, 1.165) is 24.5 Å². The fourth-order valence-corrected chi connectivity index (χ4v) is 1.78. The molecule has 0 heterocycles. The van der Waals surface area contributed by atoms with Gasteiger partial charge in [0.1, 0.15) is 0 Å². The van der Waals surface area contributed by atoms with Crippen LogP contribution in [0.4, 0.5) is 13.2 Å². The lowest BCUT2D eigenvalue weighted by atomic mass is 9.97. The predicted molar refractivity (Wildman–Crippen MR) is 67.2 cm³/mol. The molecule has 0 aliphatic heterocycles. The summed E-state index contributed by atoms with van der Waals surface area (Å²) in [7, 11) is 0. The Morgan fingerprint density at radius 1 is 1.22 bits per heavy atom. The molecule has 0 aliphatic rings. The van der Waals surface area contributed by atoms with E-state index in [4.69, 9.17) is 5.73 Å². The Morgan fingerprint density at radius 2 is 1.89 bits per heavy atom. The molecule has 0 aromatic heterocycles. The first-order valence-electron chi connectivity index (χ1n) is 6.22. The zero-order valence-electron chi connectivity index (χ0n) is 10.8. The molecule has 0 saturated heterocycles. The summed E-state index contributed by atoms with van der Waals surface area (Å²) in [4.78, 5) is 0. The minimum Gasteiger partial charge on any atom is -0.327 e. The summed E-state index contributed by atoms with van der Waals surface area (Å²) in [5.41, 5.74) is 6.05. The molecule has 0 amide bonds. The molecule has 1 unspecified atom stereocenters. The van der Waals surface area contributed by atoms with Crippen molar-refractivity contribution in [3.8, 4) is 0 Å². The van der Waals surface area contributed by atoms with Gasteiger partial charge in [0.15, 0.2) is 0 Å². The Kier molecular flexibility index (Phi) is 5.20. The zero-order chi connectivity index (χ0) is 13.8. The lowest BCUT2D eigenvalue weighted by molar-refractivity contribution is -0.137. The van der Waals surface area contributed by atoms with Crippen LogP contribution in [0.2, 0.25) is 0 Å². The number of rotatable bonds is 5. The highest BCUT2D eigenvalue weighted by Crippen LogP contribution is 2.29. The average molecular weight is 259 g/mol. The molecule has 18 heavy (non-hydrogen) atoms. The molecule has 1 aromatic rings. The summed E-state index contributed by atoms with van der Waals surface area (Å²) in [6.07, 6.45) is -1.96. The Balaban J connectivity index is 2.53. The van der Waals surface area contributed by atoms with E-state index in [2.05, 4.69) is 13.8 Å². The fraction of sp³-hybridized carbons (Fsp3) is 0.571. The van der Waals surface area contributed by atoms with Gasteiger partial charge in [-0.1, -0.05) is 32.0 Å². The van der Waals surface area contributed by atoms with Crippen molar-refractivity contribution in [1.82, 2.24) is 0 Å². The van der Waals surface area contributed by atoms with Gasteiger partial charge < -0.3 is 5.73 Å². The standard InChI is InChI=1S/C14H20F3N/c1-10(2)13(18)8-4-6-11-5-3-7-12(9-11)14(15,16)17/h3,5,7,9-10,13H,4,6,8,18H2,1-2H3. The first-order valence-corrected chi connectivity index (χ1v) is 6.22. The van der Waals surface area contributed by atoms with Crippen molar-refractivity contribution in [3.63, 3.8) is 0 Å². The Labute approximate surface area is 106 Å². The third-order valence-electron chi connectivity index (χ3n) is 3.11. The smallest absolute Gasteiger partial charge is 0.327 e. The van der Waals surface area contributed by atoms with E-state index >= 15 is 0 Å². The maximum atomic E-state index is 12.5. The van der Waals surface area contributed by atoms with Crippen molar-refractivity contribution >= 4 is 0 Å². The molecule has 1 atom stereocenters. The fourth-order valence-electron chi connectivity index (χ4n) is 1.78. The minimum atomic E-state index is -4.26. The van der Waals surface area contributed by atoms with E-state index in [9.17, 15) is 13.2 Å². The molecule has 2 N–H and O–H groups in total. The first-order chi connectivity index (χ1) is 8.30. The summed E-state index contributed by atoms with van der Waals surface area (Å²) in [5, 5.41) is 0. The number of benzene rings is 1. The topological polar surface area (TPSA) is 26.0 Å². The normalized spacial score (nSPS) is 13.9. The second-order valence-corrected chi connectivity index (χ2v) is 5.00. The summed E-state index contributed by atoms with van der Waals surface area (Å²) < 4.78 is 37.5. The summed E-state index contributed by atoms with van der Waals surface area (Å²) in [5.74, 6) is 0.409. The van der Waals surface area contributed by atoms with Gasteiger partial charge in [0.2, 0.25) is 0 Å². The van der Waals surface area contributed by atoms with Crippen LogP contribution in [0, 0.1) is 5.92 Å². The second kappa shape index (κ2) is 6.23. The minimum absolute atomic E-state index is 0.121. The molecule has 0 radical (unpaired) electrons. The number of alkyl halides is 3. The van der Waals surface area contributed by atoms with Gasteiger partial charge >= 0.3 is 6.18 Å². The highest BCUT2D eigenvalue weighted by Gasteiger charge is 2.30. The number of hydrogen-bond acceptors (Lipinski definition) is 1. The average Bonchev–Trinajstić information content (AvgIpc) is 2.28. The van der Waals surface area contributed by atoms with Gasteiger partial charge in [-0.05, 0) is 36.8 Å². The summed E-state index contributed by atoms with van der Waals surface area (Å²) in [6, 6.07) is 5.64. The quantitative estimate of drug-likeness (QED) is 0.849. The van der Waals surface area contributed by atoms with E-state index in [1.165, 1.54) is 12.1 Å². The number of nitrogens with two attached hydrogens (primary N) is 1. The predicted octanol–water partition coefficient (Wildman–Crippen LogP) is 4.01. The lowest BCUT2D eigenvalue weighted by Gasteiger charge is -2.15. The van der Waals surface area contributed by atoms with Crippen LogP contribution in [0.5, 0.6) is 0 Å². The number of halogens is 3. The lowest BCUT2D eigenvalue weighted by Crippen LogP contribution is -2.26. The number of hydrogen-bond donors (Lipinski definition) is 1. The number of aryl methyl sites for hydroxylation is 1. The van der Waals surface area contributed by atoms with Crippen molar-refractivity contribution in [1.29, 1.82) is 0 Å². The molecular weight excluding hydrogens is 239 g/mol. The van der Waals surface area contributed by atoms with Crippen LogP contribution in [-0.2, 0) is 12.6 Å². The molecule has 0 bridgehead atoms. The van der Waals surface area contributed by atoms with Crippen molar-refractivity contribution in [3.05, 3.63) is 35.4 Å². The van der Waals surface area contributed by atoms with Crippen LogP contribution >= 0.6 is 0 Å². The molecule has 0 spiro atoms. The Hall–Kier alpha value is -1.03. The maximum Gasteiger partial charge on any atom is 0.416 e. The third kappa shape index (κ3) is 4.69. The molecule has 0 aliphatic carbocycles. The van der Waals surface area contributed by atoms with E-state index in [0.29, 0.717) is 12.3 Å². The van der Waals surface area contributed by atoms with Gasteiger partial charge in [0.25, 0.3) is 0 Å². The largest absolute Gasteiger partial charge is 0.416 e. The Morgan fingerprint density at radius 3 is 2.44 bits per heavy atom. The second-order valence-electron chi connectivity index (χ2n) is 5.00. The van der Waals surface area contributed by atoms with Crippen LogP contribution in [-0.4, -0.2) is 6.04 Å². The highest BCUT2D eigenvalue weighted by atomic mass is 19.4. The van der Waals surface area contributed by atoms with E-state index in [-0.39, 0.29) is 6.04 Å². The van der Waals surface area contributed by atoms with Crippen molar-refractivity contribution in [2.45, 2.75) is 45.3 Å². The Bertz CT molecular complexity index is 372. The SMILES string of the molecule is CC(C)C(N)CCCc1cccc(C(F)(F)F)c1. The van der Waals surface area contributed by atoms with Gasteiger partial charge in [-0.15, -0.1) is 0 Å². The van der Waals surface area contributed by atoms with Gasteiger partial charge in [0, 0.05) is 6.04 Å². The van der Waals surface area contributed by atoms with E-state index in [1.807, 2.05) is 0 Å². The molecule has 102 valence electrons. The highest BCUT2D eigenvalue weighted by molar-refractivity contribution is 5.25. The third-order valence-corrected chi connectivity index (χ3v) is 3.11. The van der Waals surface area contributed by atoms with Gasteiger partial charge in [-0.2, -0.15) is 13.2 Å². The van der Waals surface area contributed by atoms with Crippen molar-refractivity contribution in [2.24, 2.45) is 11.7 Å². The molecule has 4 heteroatoms. The van der Waals surface area contributed by atoms with E-state index in [1.54, 1.807) is 6.07 Å². The molecular formula is C14H20F3N. The van der Waals surface area contributed by atoms with Crippen LogP contribution in [0.25, 0.3) is 0 Å². The van der Waals surface area contributed by atoms with Gasteiger partial charge in [-0.3, -0.25) is 0 Å². The van der Waals surface area contributed by atoms with Gasteiger partial charge in [0.05, 0.1) is 5.56 Å². The van der Waals surface area contributed by atoms with Crippen molar-refractivity contribution in [2.75, 3.05) is 0 Å². The van der Waals surface area contributed by atoms with Crippen molar-refractivity contribution < 1.29 is 13.2 Å². The molecule has 1 aromatic carbocycles. The first kappa shape index (κ1) is 15.0. The van der Waals surface area contributed by atoms with Crippen LogP contribution in [0.15, 0.2) is 24.3 Å². The molecule has 0 fully saturated rings. The summed E-state index contributed by atoms with van der Waals surface area (Å²) in [6.45, 7) is 4.10.